The number of hydrogen-bond donors (Lipinski definition) is 1. The van der Waals surface area contributed by atoms with Gasteiger partial charge in [-0.2, -0.15) is 9.40 Å². The van der Waals surface area contributed by atoms with E-state index >= 15 is 0 Å². The normalized spacial score (nSPS) is 18.4. The van der Waals surface area contributed by atoms with Gasteiger partial charge in [-0.25, -0.2) is 13.4 Å². The molecule has 1 aliphatic heterocycles. The van der Waals surface area contributed by atoms with Gasteiger partial charge in [0, 0.05) is 26.2 Å². The average Bonchev–Trinajstić information content (AvgIpc) is 3.23. The number of aromatic amines is 1. The lowest BCUT2D eigenvalue weighted by Crippen LogP contribution is -2.31. The van der Waals surface area contributed by atoms with E-state index in [9.17, 15) is 13.2 Å². The first-order valence-electron chi connectivity index (χ1n) is 8.03. The Morgan fingerprint density at radius 1 is 1.36 bits per heavy atom. The minimum absolute atomic E-state index is 0.111. The maximum absolute atomic E-state index is 13.1. The van der Waals surface area contributed by atoms with Gasteiger partial charge >= 0.3 is 0 Å². The van der Waals surface area contributed by atoms with Crippen LogP contribution in [0.25, 0.3) is 0 Å². The fourth-order valence-corrected chi connectivity index (χ4v) is 4.68. The SMILES string of the molecule is Cc1nc([C@@H]2CCCN2S(=O)(=O)c2cccc(C(=O)N(C)C)c2)n[nH]1. The lowest BCUT2D eigenvalue weighted by atomic mass is 10.2. The summed E-state index contributed by atoms with van der Waals surface area (Å²) in [6.07, 6.45) is 1.42. The van der Waals surface area contributed by atoms with E-state index < -0.39 is 10.0 Å². The van der Waals surface area contributed by atoms with Crippen molar-refractivity contribution in [1.82, 2.24) is 24.4 Å². The summed E-state index contributed by atoms with van der Waals surface area (Å²) in [5.74, 6) is 0.900. The first kappa shape index (κ1) is 17.6. The summed E-state index contributed by atoms with van der Waals surface area (Å²) in [6.45, 7) is 2.19. The molecule has 3 rings (SSSR count). The monoisotopic (exact) mass is 363 g/mol. The number of amides is 1. The Morgan fingerprint density at radius 3 is 2.76 bits per heavy atom. The van der Waals surface area contributed by atoms with Gasteiger partial charge in [0.2, 0.25) is 10.0 Å². The van der Waals surface area contributed by atoms with Crippen LogP contribution in [0.2, 0.25) is 0 Å². The van der Waals surface area contributed by atoms with Crippen molar-refractivity contribution in [3.8, 4) is 0 Å². The topological polar surface area (TPSA) is 99.3 Å². The number of benzene rings is 1. The minimum atomic E-state index is -3.74. The Hall–Kier alpha value is -2.26. The largest absolute Gasteiger partial charge is 0.345 e. The third-order valence-electron chi connectivity index (χ3n) is 4.21. The molecule has 0 spiro atoms. The quantitative estimate of drug-likeness (QED) is 0.884. The van der Waals surface area contributed by atoms with Gasteiger partial charge in [-0.15, -0.1) is 0 Å². The summed E-state index contributed by atoms with van der Waals surface area (Å²) < 4.78 is 27.6. The average molecular weight is 363 g/mol. The predicted molar refractivity (Wildman–Crippen MR) is 91.4 cm³/mol. The van der Waals surface area contributed by atoms with Crippen molar-refractivity contribution in [2.75, 3.05) is 20.6 Å². The highest BCUT2D eigenvalue weighted by Crippen LogP contribution is 2.35. The van der Waals surface area contributed by atoms with Crippen LogP contribution in [-0.2, 0) is 10.0 Å². The van der Waals surface area contributed by atoms with Crippen LogP contribution in [-0.4, -0.2) is 59.4 Å². The van der Waals surface area contributed by atoms with Crippen molar-refractivity contribution < 1.29 is 13.2 Å². The van der Waals surface area contributed by atoms with Crippen molar-refractivity contribution in [2.24, 2.45) is 0 Å². The van der Waals surface area contributed by atoms with Crippen molar-refractivity contribution >= 4 is 15.9 Å². The zero-order valence-corrected chi connectivity index (χ0v) is 15.2. The van der Waals surface area contributed by atoms with Gasteiger partial charge in [0.15, 0.2) is 5.82 Å². The molecule has 1 aliphatic rings. The summed E-state index contributed by atoms with van der Waals surface area (Å²) >= 11 is 0. The second-order valence-electron chi connectivity index (χ2n) is 6.28. The molecule has 1 atom stereocenters. The van der Waals surface area contributed by atoms with Crippen LogP contribution in [0.4, 0.5) is 0 Å². The molecular weight excluding hydrogens is 342 g/mol. The number of rotatable bonds is 4. The lowest BCUT2D eigenvalue weighted by Gasteiger charge is -2.22. The van der Waals surface area contributed by atoms with E-state index in [0.29, 0.717) is 30.2 Å². The Labute approximate surface area is 146 Å². The smallest absolute Gasteiger partial charge is 0.253 e. The van der Waals surface area contributed by atoms with Crippen LogP contribution in [0, 0.1) is 6.92 Å². The molecule has 0 unspecified atom stereocenters. The maximum Gasteiger partial charge on any atom is 0.253 e. The number of nitrogens with one attached hydrogen (secondary N) is 1. The maximum atomic E-state index is 13.1. The van der Waals surface area contributed by atoms with E-state index in [2.05, 4.69) is 15.2 Å². The molecule has 0 radical (unpaired) electrons. The molecule has 0 saturated carbocycles. The predicted octanol–water partition coefficient (Wildman–Crippen LogP) is 1.34. The molecule has 0 bridgehead atoms. The van der Waals surface area contributed by atoms with Crippen LogP contribution in [0.1, 0.15) is 40.9 Å². The van der Waals surface area contributed by atoms with E-state index in [-0.39, 0.29) is 16.8 Å². The standard InChI is InChI=1S/C16H21N5O3S/c1-11-17-15(19-18-11)14-8-5-9-21(14)25(23,24)13-7-4-6-12(10-13)16(22)20(2)3/h4,6-7,10,14H,5,8-9H2,1-3H3,(H,17,18,19)/t14-/m0/s1. The zero-order valence-electron chi connectivity index (χ0n) is 14.4. The van der Waals surface area contributed by atoms with Crippen LogP contribution >= 0.6 is 0 Å². The van der Waals surface area contributed by atoms with Crippen molar-refractivity contribution in [2.45, 2.75) is 30.7 Å². The summed E-state index contributed by atoms with van der Waals surface area (Å²) in [7, 11) is -0.479. The number of carbonyl (C=O) groups is 1. The van der Waals surface area contributed by atoms with Gasteiger partial charge < -0.3 is 4.90 Å². The Kier molecular flexibility index (Phi) is 4.61. The second-order valence-corrected chi connectivity index (χ2v) is 8.17. The van der Waals surface area contributed by atoms with E-state index in [4.69, 9.17) is 0 Å². The van der Waals surface area contributed by atoms with E-state index in [0.717, 1.165) is 6.42 Å². The highest BCUT2D eigenvalue weighted by atomic mass is 32.2. The molecule has 1 fully saturated rings. The number of nitrogens with zero attached hydrogens (tertiary/aromatic N) is 4. The highest BCUT2D eigenvalue weighted by Gasteiger charge is 2.38. The number of aromatic nitrogens is 3. The third-order valence-corrected chi connectivity index (χ3v) is 6.11. The summed E-state index contributed by atoms with van der Waals surface area (Å²) in [5, 5.41) is 6.88. The molecular formula is C16H21N5O3S. The summed E-state index contributed by atoms with van der Waals surface area (Å²) in [6, 6.07) is 5.76. The second kappa shape index (κ2) is 6.57. The molecule has 1 amide bonds. The van der Waals surface area contributed by atoms with E-state index in [1.807, 2.05) is 0 Å². The number of H-pyrrole nitrogens is 1. The molecule has 0 aliphatic carbocycles. The molecule has 1 aromatic carbocycles. The third kappa shape index (κ3) is 3.29. The fourth-order valence-electron chi connectivity index (χ4n) is 2.98. The summed E-state index contributed by atoms with van der Waals surface area (Å²) in [4.78, 5) is 17.9. The fraction of sp³-hybridized carbons (Fsp3) is 0.438. The first-order chi connectivity index (χ1) is 11.8. The number of sulfonamides is 1. The molecule has 9 heteroatoms. The van der Waals surface area contributed by atoms with Crippen LogP contribution < -0.4 is 0 Å². The Bertz CT molecular complexity index is 891. The van der Waals surface area contributed by atoms with Crippen molar-refractivity contribution in [1.29, 1.82) is 0 Å². The molecule has 1 aromatic heterocycles. The Balaban J connectivity index is 1.96. The molecule has 25 heavy (non-hydrogen) atoms. The highest BCUT2D eigenvalue weighted by molar-refractivity contribution is 7.89. The van der Waals surface area contributed by atoms with Gasteiger partial charge in [0.05, 0.1) is 10.9 Å². The van der Waals surface area contributed by atoms with Gasteiger partial charge in [-0.1, -0.05) is 6.07 Å². The molecule has 2 heterocycles. The summed E-state index contributed by atoms with van der Waals surface area (Å²) in [5.41, 5.74) is 0.343. The van der Waals surface area contributed by atoms with Crippen molar-refractivity contribution in [3.05, 3.63) is 41.5 Å². The molecule has 2 aromatic rings. The van der Waals surface area contributed by atoms with E-state index in [1.165, 1.54) is 21.3 Å². The van der Waals surface area contributed by atoms with Gasteiger partial charge in [-0.3, -0.25) is 9.89 Å². The molecule has 8 nitrogen and oxygen atoms in total. The number of carbonyl (C=O) groups excluding carboxylic acids is 1. The lowest BCUT2D eigenvalue weighted by molar-refractivity contribution is 0.0827. The van der Waals surface area contributed by atoms with Gasteiger partial charge in [-0.05, 0) is 38.0 Å². The van der Waals surface area contributed by atoms with Crippen LogP contribution in [0.15, 0.2) is 29.2 Å². The molecule has 1 N–H and O–H groups in total. The minimum Gasteiger partial charge on any atom is -0.345 e. The Morgan fingerprint density at radius 2 is 2.12 bits per heavy atom. The van der Waals surface area contributed by atoms with Crippen LogP contribution in [0.3, 0.4) is 0 Å². The van der Waals surface area contributed by atoms with Gasteiger partial charge in [0.25, 0.3) is 5.91 Å². The first-order valence-corrected chi connectivity index (χ1v) is 9.47. The number of aryl methyl sites for hydroxylation is 1. The van der Waals surface area contributed by atoms with Gasteiger partial charge in [0.1, 0.15) is 5.82 Å². The van der Waals surface area contributed by atoms with Crippen LogP contribution in [0.5, 0.6) is 0 Å². The zero-order chi connectivity index (χ0) is 18.2. The van der Waals surface area contributed by atoms with E-state index in [1.54, 1.807) is 33.2 Å². The molecule has 1 saturated heterocycles. The number of hydrogen-bond acceptors (Lipinski definition) is 5. The van der Waals surface area contributed by atoms with Crippen molar-refractivity contribution in [3.63, 3.8) is 0 Å². The molecule has 134 valence electrons.